The molecule has 1 N–H and O–H groups in total. The summed E-state index contributed by atoms with van der Waals surface area (Å²) in [5.74, 6) is -0.464. The standard InChI is InChI=1S/C17H18Cl2FNO2/c1-9(2)23-17-12(10(3)8-22)6-13(18)16(20)15(17)11-4-5-14(19)21-7-11/h4-7,9-10,22H,8H2,1-3H3. The van der Waals surface area contributed by atoms with Crippen LogP contribution in [0.3, 0.4) is 0 Å². The van der Waals surface area contributed by atoms with Gasteiger partial charge in [0, 0.05) is 29.8 Å². The molecule has 0 radical (unpaired) electrons. The Kier molecular flexibility index (Phi) is 5.84. The Balaban J connectivity index is 2.75. The topological polar surface area (TPSA) is 42.4 Å². The molecule has 2 aromatic rings. The van der Waals surface area contributed by atoms with Gasteiger partial charge in [0.15, 0.2) is 5.82 Å². The van der Waals surface area contributed by atoms with Crippen molar-refractivity contribution in [3.63, 3.8) is 0 Å². The van der Waals surface area contributed by atoms with E-state index in [1.165, 1.54) is 12.3 Å². The quantitative estimate of drug-likeness (QED) is 0.758. The number of aromatic nitrogens is 1. The minimum atomic E-state index is -0.583. The van der Waals surface area contributed by atoms with Crippen molar-refractivity contribution < 1.29 is 14.2 Å². The van der Waals surface area contributed by atoms with Gasteiger partial charge in [0.1, 0.15) is 10.9 Å². The normalized spacial score (nSPS) is 12.5. The Morgan fingerprint density at radius 1 is 1.26 bits per heavy atom. The highest BCUT2D eigenvalue weighted by molar-refractivity contribution is 6.31. The lowest BCUT2D eigenvalue weighted by molar-refractivity contribution is 0.231. The van der Waals surface area contributed by atoms with Crippen LogP contribution in [0.1, 0.15) is 32.3 Å². The number of aliphatic hydroxyl groups is 1. The Morgan fingerprint density at radius 3 is 2.48 bits per heavy atom. The van der Waals surface area contributed by atoms with E-state index in [-0.39, 0.29) is 29.2 Å². The molecule has 0 aliphatic rings. The Morgan fingerprint density at radius 2 is 1.96 bits per heavy atom. The highest BCUT2D eigenvalue weighted by Gasteiger charge is 2.24. The molecule has 124 valence electrons. The van der Waals surface area contributed by atoms with E-state index in [0.717, 1.165) is 0 Å². The van der Waals surface area contributed by atoms with E-state index in [1.807, 2.05) is 20.8 Å². The monoisotopic (exact) mass is 357 g/mol. The fraction of sp³-hybridized carbons (Fsp3) is 0.353. The number of aliphatic hydroxyl groups excluding tert-OH is 1. The lowest BCUT2D eigenvalue weighted by Crippen LogP contribution is -2.12. The highest BCUT2D eigenvalue weighted by Crippen LogP contribution is 2.42. The van der Waals surface area contributed by atoms with Gasteiger partial charge < -0.3 is 9.84 Å². The van der Waals surface area contributed by atoms with E-state index in [2.05, 4.69) is 4.98 Å². The number of benzene rings is 1. The summed E-state index contributed by atoms with van der Waals surface area (Å²) in [6.45, 7) is 5.42. The number of hydrogen-bond acceptors (Lipinski definition) is 3. The Labute approximate surface area is 145 Å². The second kappa shape index (κ2) is 7.47. The van der Waals surface area contributed by atoms with Crippen LogP contribution in [0.25, 0.3) is 11.1 Å². The first kappa shape index (κ1) is 18.0. The number of ether oxygens (including phenoxy) is 1. The van der Waals surface area contributed by atoms with E-state index >= 15 is 0 Å². The van der Waals surface area contributed by atoms with Gasteiger partial charge >= 0.3 is 0 Å². The maximum absolute atomic E-state index is 14.7. The Bertz CT molecular complexity index is 690. The van der Waals surface area contributed by atoms with Crippen molar-refractivity contribution >= 4 is 23.2 Å². The number of nitrogens with zero attached hydrogens (tertiary/aromatic N) is 1. The minimum absolute atomic E-state index is 0.0265. The summed E-state index contributed by atoms with van der Waals surface area (Å²) >= 11 is 11.9. The van der Waals surface area contributed by atoms with E-state index in [9.17, 15) is 9.50 Å². The zero-order chi connectivity index (χ0) is 17.1. The number of pyridine rings is 1. The summed E-state index contributed by atoms with van der Waals surface area (Å²) in [6, 6.07) is 4.73. The molecule has 6 heteroatoms. The van der Waals surface area contributed by atoms with Crippen molar-refractivity contribution in [2.24, 2.45) is 0 Å². The molecule has 0 aliphatic heterocycles. The maximum Gasteiger partial charge on any atom is 0.153 e. The summed E-state index contributed by atoms with van der Waals surface area (Å²) in [6.07, 6.45) is 1.30. The van der Waals surface area contributed by atoms with Crippen molar-refractivity contribution in [1.82, 2.24) is 4.98 Å². The van der Waals surface area contributed by atoms with Gasteiger partial charge in [-0.3, -0.25) is 0 Å². The fourth-order valence-electron chi connectivity index (χ4n) is 2.24. The smallest absolute Gasteiger partial charge is 0.153 e. The van der Waals surface area contributed by atoms with Crippen LogP contribution in [0.2, 0.25) is 10.2 Å². The van der Waals surface area contributed by atoms with Gasteiger partial charge in [-0.25, -0.2) is 9.37 Å². The molecule has 1 heterocycles. The molecule has 0 aliphatic carbocycles. The third kappa shape index (κ3) is 3.94. The van der Waals surface area contributed by atoms with Crippen molar-refractivity contribution in [2.75, 3.05) is 6.61 Å². The van der Waals surface area contributed by atoms with Crippen molar-refractivity contribution in [1.29, 1.82) is 0 Å². The molecule has 0 amide bonds. The van der Waals surface area contributed by atoms with Gasteiger partial charge in [-0.2, -0.15) is 0 Å². The molecular weight excluding hydrogens is 340 g/mol. The van der Waals surface area contributed by atoms with E-state index in [4.69, 9.17) is 27.9 Å². The summed E-state index contributed by atoms with van der Waals surface area (Å²) in [5.41, 5.74) is 1.39. The zero-order valence-electron chi connectivity index (χ0n) is 13.1. The molecule has 3 nitrogen and oxygen atoms in total. The third-order valence-electron chi connectivity index (χ3n) is 3.38. The van der Waals surface area contributed by atoms with E-state index < -0.39 is 5.82 Å². The fourth-order valence-corrected chi connectivity index (χ4v) is 2.56. The lowest BCUT2D eigenvalue weighted by atomic mass is 9.94. The molecule has 0 spiro atoms. The molecule has 1 unspecified atom stereocenters. The van der Waals surface area contributed by atoms with Gasteiger partial charge in [0.25, 0.3) is 0 Å². The number of hydrogen-bond donors (Lipinski definition) is 1. The summed E-state index contributed by atoms with van der Waals surface area (Å²) in [5, 5.41) is 9.77. The molecule has 2 rings (SSSR count). The average molecular weight is 358 g/mol. The third-order valence-corrected chi connectivity index (χ3v) is 3.87. The molecule has 1 atom stereocenters. The average Bonchev–Trinajstić information content (AvgIpc) is 2.51. The molecule has 0 saturated heterocycles. The number of rotatable bonds is 5. The minimum Gasteiger partial charge on any atom is -0.490 e. The lowest BCUT2D eigenvalue weighted by Gasteiger charge is -2.22. The van der Waals surface area contributed by atoms with Crippen LogP contribution in [0.4, 0.5) is 4.39 Å². The van der Waals surface area contributed by atoms with Gasteiger partial charge in [0.2, 0.25) is 0 Å². The first-order valence-corrected chi connectivity index (χ1v) is 8.02. The largest absolute Gasteiger partial charge is 0.490 e. The molecule has 1 aromatic carbocycles. The maximum atomic E-state index is 14.7. The van der Waals surface area contributed by atoms with Crippen LogP contribution in [0.15, 0.2) is 24.4 Å². The van der Waals surface area contributed by atoms with Gasteiger partial charge in [-0.15, -0.1) is 0 Å². The summed E-state index contributed by atoms with van der Waals surface area (Å²) < 4.78 is 20.6. The van der Waals surface area contributed by atoms with Gasteiger partial charge in [0.05, 0.1) is 16.7 Å². The SMILES string of the molecule is CC(C)Oc1c(C(C)CO)cc(Cl)c(F)c1-c1ccc(Cl)nc1. The van der Waals surface area contributed by atoms with Crippen molar-refractivity contribution in [3.8, 4) is 16.9 Å². The summed E-state index contributed by atoms with van der Waals surface area (Å²) in [7, 11) is 0. The first-order valence-electron chi connectivity index (χ1n) is 7.26. The predicted octanol–water partition coefficient (Wildman–Crippen LogP) is 5.08. The van der Waals surface area contributed by atoms with E-state index in [1.54, 1.807) is 12.1 Å². The summed E-state index contributed by atoms with van der Waals surface area (Å²) in [4.78, 5) is 3.99. The van der Waals surface area contributed by atoms with Crippen LogP contribution >= 0.6 is 23.2 Å². The Hall–Kier alpha value is -1.36. The van der Waals surface area contributed by atoms with Crippen molar-refractivity contribution in [2.45, 2.75) is 32.8 Å². The van der Waals surface area contributed by atoms with Gasteiger partial charge in [-0.05, 0) is 32.0 Å². The first-order chi connectivity index (χ1) is 10.8. The van der Waals surface area contributed by atoms with E-state index in [0.29, 0.717) is 22.0 Å². The van der Waals surface area contributed by atoms with Crippen molar-refractivity contribution in [3.05, 3.63) is 46.0 Å². The second-order valence-corrected chi connectivity index (χ2v) is 6.38. The van der Waals surface area contributed by atoms with Crippen LogP contribution < -0.4 is 4.74 Å². The van der Waals surface area contributed by atoms with Crippen LogP contribution in [-0.2, 0) is 0 Å². The number of halogens is 3. The molecule has 0 fully saturated rings. The molecular formula is C17H18Cl2FNO2. The molecule has 23 heavy (non-hydrogen) atoms. The zero-order valence-corrected chi connectivity index (χ0v) is 14.6. The van der Waals surface area contributed by atoms with Crippen LogP contribution in [0, 0.1) is 5.82 Å². The van der Waals surface area contributed by atoms with Gasteiger partial charge in [-0.1, -0.05) is 30.1 Å². The van der Waals surface area contributed by atoms with Crippen LogP contribution in [-0.4, -0.2) is 22.8 Å². The molecule has 0 bridgehead atoms. The molecule has 0 saturated carbocycles. The highest BCUT2D eigenvalue weighted by atomic mass is 35.5. The second-order valence-electron chi connectivity index (χ2n) is 5.59. The van der Waals surface area contributed by atoms with Crippen LogP contribution in [0.5, 0.6) is 5.75 Å². The molecule has 1 aromatic heterocycles. The predicted molar refractivity (Wildman–Crippen MR) is 90.9 cm³/mol.